The molecule has 3 aromatic rings. The Balaban J connectivity index is 1.55. The molecule has 1 N–H and O–H groups in total. The smallest absolute Gasteiger partial charge is 0.236 e. The molecule has 1 aliphatic rings. The lowest BCUT2D eigenvalue weighted by molar-refractivity contribution is -0.118. The van der Waals surface area contributed by atoms with E-state index in [1.54, 1.807) is 35.1 Å². The summed E-state index contributed by atoms with van der Waals surface area (Å²) in [5.41, 5.74) is 0.609. The van der Waals surface area contributed by atoms with E-state index in [2.05, 4.69) is 15.4 Å². The Morgan fingerprint density at radius 1 is 1.33 bits per heavy atom. The molecule has 0 atom stereocenters. The summed E-state index contributed by atoms with van der Waals surface area (Å²) in [7, 11) is 0. The number of carbonyl (C=O) groups excluding carboxylic acids is 1. The van der Waals surface area contributed by atoms with Crippen LogP contribution in [0, 0.1) is 12.7 Å². The van der Waals surface area contributed by atoms with Gasteiger partial charge in [0.15, 0.2) is 5.82 Å². The number of aromatic nitrogens is 3. The van der Waals surface area contributed by atoms with Gasteiger partial charge in [-0.2, -0.15) is 0 Å². The van der Waals surface area contributed by atoms with Crippen LogP contribution < -0.4 is 5.32 Å². The fourth-order valence-corrected chi connectivity index (χ4v) is 3.51. The molecule has 1 aliphatic carbocycles. The maximum Gasteiger partial charge on any atom is 0.236 e. The lowest BCUT2D eigenvalue weighted by Crippen LogP contribution is -2.29. The predicted octanol–water partition coefficient (Wildman–Crippen LogP) is 3.45. The number of aryl methyl sites for hydroxylation is 1. The number of hydrogen-bond acceptors (Lipinski definition) is 4. The number of amides is 1. The van der Waals surface area contributed by atoms with Crippen LogP contribution in [0.3, 0.4) is 0 Å². The van der Waals surface area contributed by atoms with E-state index >= 15 is 0 Å². The maximum atomic E-state index is 14.0. The standard InChI is InChI=1S/C17H15FN4OS/c1-11-10-24-16(19-11)22-9-6-14(21-22)20-15(23)17(7-8-17)12-4-2-3-5-13(12)18/h2-6,9-10H,7-8H2,1H3,(H,20,21,23). The van der Waals surface area contributed by atoms with Crippen molar-refractivity contribution in [1.82, 2.24) is 14.8 Å². The number of hydrogen-bond donors (Lipinski definition) is 1. The second-order valence-corrected chi connectivity index (χ2v) is 6.77. The highest BCUT2D eigenvalue weighted by Crippen LogP contribution is 2.49. The van der Waals surface area contributed by atoms with Crippen LogP contribution in [0.15, 0.2) is 41.9 Å². The Bertz CT molecular complexity index is 913. The lowest BCUT2D eigenvalue weighted by atomic mass is 9.94. The molecule has 122 valence electrons. The minimum atomic E-state index is -0.771. The minimum Gasteiger partial charge on any atom is -0.308 e. The summed E-state index contributed by atoms with van der Waals surface area (Å²) in [5, 5.41) is 9.81. The highest BCUT2D eigenvalue weighted by atomic mass is 32.1. The summed E-state index contributed by atoms with van der Waals surface area (Å²) in [5.74, 6) is -0.113. The zero-order valence-electron chi connectivity index (χ0n) is 13.0. The molecule has 24 heavy (non-hydrogen) atoms. The molecular weight excluding hydrogens is 327 g/mol. The van der Waals surface area contributed by atoms with Crippen molar-refractivity contribution in [3.05, 3.63) is 59.0 Å². The molecule has 0 spiro atoms. The van der Waals surface area contributed by atoms with Gasteiger partial charge in [-0.25, -0.2) is 14.1 Å². The third-order valence-electron chi connectivity index (χ3n) is 4.21. The second-order valence-electron chi connectivity index (χ2n) is 5.93. The predicted molar refractivity (Wildman–Crippen MR) is 89.9 cm³/mol. The van der Waals surface area contributed by atoms with E-state index in [1.165, 1.54) is 17.4 Å². The number of rotatable bonds is 4. The van der Waals surface area contributed by atoms with E-state index in [-0.39, 0.29) is 11.7 Å². The number of nitrogens with one attached hydrogen (secondary N) is 1. The molecule has 0 unspecified atom stereocenters. The second kappa shape index (κ2) is 5.52. The van der Waals surface area contributed by atoms with Gasteiger partial charge in [-0.05, 0) is 25.8 Å². The van der Waals surface area contributed by atoms with E-state index < -0.39 is 5.41 Å². The summed E-state index contributed by atoms with van der Waals surface area (Å²) in [6.45, 7) is 1.91. The van der Waals surface area contributed by atoms with Gasteiger partial charge in [-0.3, -0.25) is 4.79 Å². The number of halogens is 1. The van der Waals surface area contributed by atoms with Crippen LogP contribution in [0.25, 0.3) is 5.13 Å². The first kappa shape index (κ1) is 15.0. The Hall–Kier alpha value is -2.54. The normalized spacial score (nSPS) is 15.2. The molecule has 2 aromatic heterocycles. The first-order valence-corrected chi connectivity index (χ1v) is 8.51. The Morgan fingerprint density at radius 3 is 2.79 bits per heavy atom. The van der Waals surface area contributed by atoms with Gasteiger partial charge in [0.25, 0.3) is 0 Å². The zero-order chi connectivity index (χ0) is 16.7. The summed E-state index contributed by atoms with van der Waals surface area (Å²) in [6, 6.07) is 8.17. The summed E-state index contributed by atoms with van der Waals surface area (Å²) < 4.78 is 15.7. The van der Waals surface area contributed by atoms with Gasteiger partial charge in [0, 0.05) is 23.2 Å². The van der Waals surface area contributed by atoms with Crippen molar-refractivity contribution in [2.24, 2.45) is 0 Å². The van der Waals surface area contributed by atoms with E-state index in [1.807, 2.05) is 12.3 Å². The minimum absolute atomic E-state index is 0.215. The van der Waals surface area contributed by atoms with Crippen molar-refractivity contribution >= 4 is 23.1 Å². The molecule has 0 aliphatic heterocycles. The summed E-state index contributed by atoms with van der Waals surface area (Å²) in [4.78, 5) is 17.0. The number of anilines is 1. The van der Waals surface area contributed by atoms with Crippen LogP contribution in [0.4, 0.5) is 10.2 Å². The van der Waals surface area contributed by atoms with E-state index in [0.29, 0.717) is 24.2 Å². The summed E-state index contributed by atoms with van der Waals surface area (Å²) in [6.07, 6.45) is 3.04. The molecule has 7 heteroatoms. The van der Waals surface area contributed by atoms with Crippen molar-refractivity contribution in [3.8, 4) is 5.13 Å². The van der Waals surface area contributed by atoms with Crippen LogP contribution >= 0.6 is 11.3 Å². The molecule has 4 rings (SSSR count). The quantitative estimate of drug-likeness (QED) is 0.790. The molecule has 1 aromatic carbocycles. The monoisotopic (exact) mass is 342 g/mol. The molecule has 1 fully saturated rings. The van der Waals surface area contributed by atoms with Gasteiger partial charge < -0.3 is 5.32 Å². The number of thiazole rings is 1. The maximum absolute atomic E-state index is 14.0. The molecule has 2 heterocycles. The van der Waals surface area contributed by atoms with Gasteiger partial charge in [-0.15, -0.1) is 16.4 Å². The average molecular weight is 342 g/mol. The van der Waals surface area contributed by atoms with E-state index in [9.17, 15) is 9.18 Å². The van der Waals surface area contributed by atoms with Crippen molar-refractivity contribution < 1.29 is 9.18 Å². The van der Waals surface area contributed by atoms with Crippen LogP contribution in [0.5, 0.6) is 0 Å². The van der Waals surface area contributed by atoms with Crippen molar-refractivity contribution in [2.45, 2.75) is 25.2 Å². The fraction of sp³-hybridized carbons (Fsp3) is 0.235. The molecular formula is C17H15FN4OS. The van der Waals surface area contributed by atoms with Crippen LogP contribution in [-0.4, -0.2) is 20.7 Å². The number of nitrogens with zero attached hydrogens (tertiary/aromatic N) is 3. The molecule has 5 nitrogen and oxygen atoms in total. The van der Waals surface area contributed by atoms with Crippen LogP contribution in [0.1, 0.15) is 24.1 Å². The molecule has 1 amide bonds. The fourth-order valence-electron chi connectivity index (χ4n) is 2.77. The van der Waals surface area contributed by atoms with Crippen molar-refractivity contribution in [2.75, 3.05) is 5.32 Å². The SMILES string of the molecule is Cc1csc(-n2ccc(NC(=O)C3(c4ccccc4F)CC3)n2)n1. The summed E-state index contributed by atoms with van der Waals surface area (Å²) >= 11 is 1.48. The third kappa shape index (κ3) is 2.50. The zero-order valence-corrected chi connectivity index (χ0v) is 13.8. The molecule has 0 radical (unpaired) electrons. The number of carbonyl (C=O) groups is 1. The molecule has 0 saturated heterocycles. The van der Waals surface area contributed by atoms with Crippen molar-refractivity contribution in [1.29, 1.82) is 0 Å². The molecule has 1 saturated carbocycles. The molecule has 0 bridgehead atoms. The van der Waals surface area contributed by atoms with Crippen molar-refractivity contribution in [3.63, 3.8) is 0 Å². The first-order valence-electron chi connectivity index (χ1n) is 7.63. The van der Waals surface area contributed by atoms with Gasteiger partial charge in [-0.1, -0.05) is 18.2 Å². The van der Waals surface area contributed by atoms with Gasteiger partial charge >= 0.3 is 0 Å². The Labute approximate surface area is 142 Å². The van der Waals surface area contributed by atoms with Crippen LogP contribution in [-0.2, 0) is 10.2 Å². The van der Waals surface area contributed by atoms with Gasteiger partial charge in [0.1, 0.15) is 5.82 Å². The number of benzene rings is 1. The van der Waals surface area contributed by atoms with Gasteiger partial charge in [0.05, 0.1) is 11.1 Å². The van der Waals surface area contributed by atoms with Gasteiger partial charge in [0.2, 0.25) is 11.0 Å². The highest BCUT2D eigenvalue weighted by molar-refractivity contribution is 7.12. The topological polar surface area (TPSA) is 59.8 Å². The van der Waals surface area contributed by atoms with Crippen LogP contribution in [0.2, 0.25) is 0 Å². The highest BCUT2D eigenvalue weighted by Gasteiger charge is 2.52. The Kier molecular flexibility index (Phi) is 3.45. The first-order chi connectivity index (χ1) is 11.6. The largest absolute Gasteiger partial charge is 0.308 e. The average Bonchev–Trinajstić information content (AvgIpc) is 3.05. The Morgan fingerprint density at radius 2 is 2.12 bits per heavy atom. The van der Waals surface area contributed by atoms with E-state index in [0.717, 1.165) is 10.8 Å². The lowest BCUT2D eigenvalue weighted by Gasteiger charge is -2.15. The van der Waals surface area contributed by atoms with E-state index in [4.69, 9.17) is 0 Å². The third-order valence-corrected chi connectivity index (χ3v) is 5.16.